The van der Waals surface area contributed by atoms with Crippen molar-refractivity contribution in [1.82, 2.24) is 0 Å². The molecule has 2 heterocycles. The van der Waals surface area contributed by atoms with Gasteiger partial charge in [0.2, 0.25) is 0 Å². The highest BCUT2D eigenvalue weighted by atomic mass is 32.2. The van der Waals surface area contributed by atoms with Gasteiger partial charge in [-0.05, 0) is 50.7 Å². The maximum absolute atomic E-state index is 6.20. The van der Waals surface area contributed by atoms with Gasteiger partial charge in [0.15, 0.2) is 5.79 Å². The van der Waals surface area contributed by atoms with Crippen LogP contribution in [-0.4, -0.2) is 40.2 Å². The van der Waals surface area contributed by atoms with E-state index in [1.165, 1.54) is 23.5 Å². The lowest BCUT2D eigenvalue weighted by Gasteiger charge is -2.35. The van der Waals surface area contributed by atoms with Gasteiger partial charge < -0.3 is 14.2 Å². The van der Waals surface area contributed by atoms with Gasteiger partial charge in [-0.1, -0.05) is 30.3 Å². The smallest absolute Gasteiger partial charge is 0.163 e. The van der Waals surface area contributed by atoms with Gasteiger partial charge >= 0.3 is 0 Å². The average Bonchev–Trinajstić information content (AvgIpc) is 2.82. The van der Waals surface area contributed by atoms with Gasteiger partial charge in [0, 0.05) is 0 Å². The molecule has 0 bridgehead atoms. The SMILES string of the molecule is CC1(C)OC(COCc2ccccc2)C(CC2(C)SCCCS2)O1. The fraction of sp³-hybridized carbons (Fsp3) is 0.684. The molecule has 2 atom stereocenters. The number of thioether (sulfide) groups is 2. The third-order valence-corrected chi connectivity index (χ3v) is 7.60. The molecule has 5 heteroatoms. The molecule has 2 aliphatic heterocycles. The molecular formula is C19H28O3S2. The van der Waals surface area contributed by atoms with Crippen molar-refractivity contribution in [3.8, 4) is 0 Å². The summed E-state index contributed by atoms with van der Waals surface area (Å²) in [6.45, 7) is 7.54. The van der Waals surface area contributed by atoms with Crippen molar-refractivity contribution in [1.29, 1.82) is 0 Å². The van der Waals surface area contributed by atoms with E-state index in [2.05, 4.69) is 42.6 Å². The van der Waals surface area contributed by atoms with Crippen molar-refractivity contribution in [2.45, 2.75) is 62.3 Å². The quantitative estimate of drug-likeness (QED) is 0.725. The fourth-order valence-corrected chi connectivity index (χ4v) is 6.27. The van der Waals surface area contributed by atoms with Crippen LogP contribution in [0.5, 0.6) is 0 Å². The maximum Gasteiger partial charge on any atom is 0.163 e. The van der Waals surface area contributed by atoms with Gasteiger partial charge in [-0.15, -0.1) is 23.5 Å². The van der Waals surface area contributed by atoms with Gasteiger partial charge in [-0.25, -0.2) is 0 Å². The summed E-state index contributed by atoms with van der Waals surface area (Å²) in [7, 11) is 0. The molecule has 24 heavy (non-hydrogen) atoms. The second-order valence-electron chi connectivity index (χ2n) is 7.10. The summed E-state index contributed by atoms with van der Waals surface area (Å²) in [5, 5.41) is 0. The van der Waals surface area contributed by atoms with Crippen molar-refractivity contribution in [3.63, 3.8) is 0 Å². The molecule has 2 fully saturated rings. The molecule has 2 saturated heterocycles. The zero-order valence-electron chi connectivity index (χ0n) is 14.8. The van der Waals surface area contributed by atoms with Crippen LogP contribution >= 0.6 is 23.5 Å². The van der Waals surface area contributed by atoms with Gasteiger partial charge in [-0.2, -0.15) is 0 Å². The van der Waals surface area contributed by atoms with Gasteiger partial charge in [0.05, 0.1) is 23.4 Å². The van der Waals surface area contributed by atoms with Crippen molar-refractivity contribution in [3.05, 3.63) is 35.9 Å². The lowest BCUT2D eigenvalue weighted by Crippen LogP contribution is -2.35. The number of ether oxygens (including phenoxy) is 3. The van der Waals surface area contributed by atoms with Crippen LogP contribution in [0.15, 0.2) is 30.3 Å². The van der Waals surface area contributed by atoms with Crippen LogP contribution in [0.4, 0.5) is 0 Å². The molecule has 1 aromatic carbocycles. The van der Waals surface area contributed by atoms with E-state index in [-0.39, 0.29) is 16.3 Å². The maximum atomic E-state index is 6.20. The Balaban J connectivity index is 1.55. The summed E-state index contributed by atoms with van der Waals surface area (Å²) in [6, 6.07) is 10.3. The molecule has 2 unspecified atom stereocenters. The highest BCUT2D eigenvalue weighted by molar-refractivity contribution is 8.18. The summed E-state index contributed by atoms with van der Waals surface area (Å²) in [6.07, 6.45) is 2.41. The van der Waals surface area contributed by atoms with Crippen LogP contribution in [0, 0.1) is 0 Å². The largest absolute Gasteiger partial charge is 0.374 e. The Morgan fingerprint density at radius 3 is 2.42 bits per heavy atom. The average molecular weight is 369 g/mol. The Kier molecular flexibility index (Phi) is 6.20. The zero-order chi connectivity index (χ0) is 17.0. The van der Waals surface area contributed by atoms with E-state index in [4.69, 9.17) is 14.2 Å². The van der Waals surface area contributed by atoms with E-state index >= 15 is 0 Å². The Morgan fingerprint density at radius 2 is 1.71 bits per heavy atom. The van der Waals surface area contributed by atoms with Crippen LogP contribution in [0.2, 0.25) is 0 Å². The zero-order valence-corrected chi connectivity index (χ0v) is 16.5. The third kappa shape index (κ3) is 5.15. The molecular weight excluding hydrogens is 340 g/mol. The summed E-state index contributed by atoms with van der Waals surface area (Å²) < 4.78 is 18.5. The number of benzene rings is 1. The van der Waals surface area contributed by atoms with E-state index in [9.17, 15) is 0 Å². The normalized spacial score (nSPS) is 28.8. The predicted molar refractivity (Wildman–Crippen MR) is 102 cm³/mol. The van der Waals surface area contributed by atoms with Crippen LogP contribution in [0.1, 0.15) is 39.2 Å². The number of hydrogen-bond donors (Lipinski definition) is 0. The van der Waals surface area contributed by atoms with Crippen molar-refractivity contribution < 1.29 is 14.2 Å². The highest BCUT2D eigenvalue weighted by Crippen LogP contribution is 2.47. The molecule has 0 radical (unpaired) electrons. The van der Waals surface area contributed by atoms with Crippen LogP contribution in [-0.2, 0) is 20.8 Å². The van der Waals surface area contributed by atoms with Crippen LogP contribution in [0.25, 0.3) is 0 Å². The minimum atomic E-state index is -0.522. The Labute approximate surface area is 154 Å². The second kappa shape index (κ2) is 8.00. The highest BCUT2D eigenvalue weighted by Gasteiger charge is 2.45. The minimum Gasteiger partial charge on any atom is -0.374 e. The van der Waals surface area contributed by atoms with E-state index in [0.29, 0.717) is 13.2 Å². The van der Waals surface area contributed by atoms with Crippen LogP contribution < -0.4 is 0 Å². The third-order valence-electron chi connectivity index (χ3n) is 4.35. The molecule has 0 aromatic heterocycles. The molecule has 3 rings (SSSR count). The fourth-order valence-electron chi connectivity index (χ4n) is 3.25. The first-order valence-corrected chi connectivity index (χ1v) is 10.7. The van der Waals surface area contributed by atoms with Gasteiger partial charge in [0.25, 0.3) is 0 Å². The van der Waals surface area contributed by atoms with E-state index in [0.717, 1.165) is 6.42 Å². The molecule has 0 saturated carbocycles. The van der Waals surface area contributed by atoms with Gasteiger partial charge in [0.1, 0.15) is 6.10 Å². The standard InChI is InChI=1S/C19H28O3S2/c1-18(2)21-16(12-19(3)23-10-7-11-24-19)17(22-18)14-20-13-15-8-5-4-6-9-15/h4-6,8-9,16-17H,7,10-14H2,1-3H3. The Morgan fingerprint density at radius 1 is 1.04 bits per heavy atom. The molecule has 134 valence electrons. The second-order valence-corrected chi connectivity index (χ2v) is 10.6. The summed E-state index contributed by atoms with van der Waals surface area (Å²) in [4.78, 5) is 0. The molecule has 0 amide bonds. The van der Waals surface area contributed by atoms with Crippen molar-refractivity contribution >= 4 is 23.5 Å². The number of hydrogen-bond acceptors (Lipinski definition) is 5. The first-order valence-electron chi connectivity index (χ1n) is 8.71. The van der Waals surface area contributed by atoms with E-state index < -0.39 is 5.79 Å². The first kappa shape index (κ1) is 18.6. The predicted octanol–water partition coefficient (Wildman–Crippen LogP) is 4.70. The van der Waals surface area contributed by atoms with Crippen LogP contribution in [0.3, 0.4) is 0 Å². The molecule has 1 aromatic rings. The molecule has 0 spiro atoms. The minimum absolute atomic E-state index is 0.00339. The summed E-state index contributed by atoms with van der Waals surface area (Å²) in [5.74, 6) is 1.97. The lowest BCUT2D eigenvalue weighted by atomic mass is 10.1. The molecule has 2 aliphatic rings. The molecule has 3 nitrogen and oxygen atoms in total. The summed E-state index contributed by atoms with van der Waals surface area (Å²) in [5.41, 5.74) is 1.19. The van der Waals surface area contributed by atoms with E-state index in [1.807, 2.05) is 32.0 Å². The first-order chi connectivity index (χ1) is 11.5. The lowest BCUT2D eigenvalue weighted by molar-refractivity contribution is -0.151. The van der Waals surface area contributed by atoms with E-state index in [1.54, 1.807) is 0 Å². The number of rotatable bonds is 6. The monoisotopic (exact) mass is 368 g/mol. The summed E-state index contributed by atoms with van der Waals surface area (Å²) >= 11 is 4.12. The van der Waals surface area contributed by atoms with Crippen molar-refractivity contribution in [2.75, 3.05) is 18.1 Å². The Bertz CT molecular complexity index is 515. The molecule has 0 N–H and O–H groups in total. The Hall–Kier alpha value is -0.200. The topological polar surface area (TPSA) is 27.7 Å². The van der Waals surface area contributed by atoms with Crippen molar-refractivity contribution in [2.24, 2.45) is 0 Å². The van der Waals surface area contributed by atoms with Gasteiger partial charge in [-0.3, -0.25) is 0 Å². The molecule has 0 aliphatic carbocycles.